The fourth-order valence-electron chi connectivity index (χ4n) is 5.91. The first-order valence-electron chi connectivity index (χ1n) is 14.3. The average Bonchev–Trinajstić information content (AvgIpc) is 3.66. The number of fused-ring (bicyclic) bond motifs is 2. The SMILES string of the molecule is CO.COC1CCC([N+](=O)[O-])=C2N(Cc3ccc(Cl)nc3)CCN21.O=[N+]([O-])C1=C2N(Cc3ccc(Cl)nc3)CCN2C(O)CC1. The molecule has 2 fully saturated rings. The number of halogens is 2. The molecule has 0 aliphatic carbocycles. The summed E-state index contributed by atoms with van der Waals surface area (Å²) in [5, 5.41) is 40.5. The van der Waals surface area contributed by atoms with Gasteiger partial charge < -0.3 is 34.5 Å². The summed E-state index contributed by atoms with van der Waals surface area (Å²) in [7, 11) is 2.64. The van der Waals surface area contributed by atoms with Gasteiger partial charge in [-0.1, -0.05) is 35.3 Å². The van der Waals surface area contributed by atoms with E-state index in [1.54, 1.807) is 36.5 Å². The Morgan fingerprint density at radius 3 is 1.73 bits per heavy atom. The summed E-state index contributed by atoms with van der Waals surface area (Å²) < 4.78 is 5.46. The molecule has 0 bridgehead atoms. The van der Waals surface area contributed by atoms with Crippen molar-refractivity contribution in [2.24, 2.45) is 0 Å². The van der Waals surface area contributed by atoms with Gasteiger partial charge in [0.25, 0.3) is 11.4 Å². The standard InChI is InChI=1S/C14H17ClN4O3.C13H15ClN4O3.CH4O/c1-22-13-5-3-11(19(20)21)14-17(6-7-18(13)14)9-10-2-4-12(15)16-8-10;14-11-3-1-9(7-15-11)8-16-5-6-17-12(19)4-2-10(13(16)17)18(20)21;1-2/h2,4,8,13H,3,5-7,9H2,1H3;1,3,7,12,19H,2,4-6,8H2;2H,1H3. The van der Waals surface area contributed by atoms with Gasteiger partial charge in [-0.15, -0.1) is 0 Å². The number of methoxy groups -OCH3 is 1. The van der Waals surface area contributed by atoms with Gasteiger partial charge in [0.15, 0.2) is 11.6 Å². The summed E-state index contributed by atoms with van der Waals surface area (Å²) in [6, 6.07) is 7.17. The maximum absolute atomic E-state index is 11.4. The molecule has 2 aromatic rings. The van der Waals surface area contributed by atoms with Gasteiger partial charge in [0, 0.05) is 91.6 Å². The Labute approximate surface area is 270 Å². The Morgan fingerprint density at radius 1 is 0.822 bits per heavy atom. The Hall–Kier alpha value is -3.76. The number of ether oxygens (including phenoxy) is 1. The number of nitro groups is 2. The van der Waals surface area contributed by atoms with Crippen molar-refractivity contribution < 1.29 is 24.8 Å². The van der Waals surface area contributed by atoms with E-state index in [1.165, 1.54) is 0 Å². The highest BCUT2D eigenvalue weighted by molar-refractivity contribution is 6.29. The lowest BCUT2D eigenvalue weighted by Gasteiger charge is -2.33. The lowest BCUT2D eigenvalue weighted by molar-refractivity contribution is -0.433. The predicted molar refractivity (Wildman–Crippen MR) is 164 cm³/mol. The minimum atomic E-state index is -0.642. The molecule has 2 unspecified atom stereocenters. The zero-order valence-corrected chi connectivity index (χ0v) is 26.5. The van der Waals surface area contributed by atoms with E-state index in [0.717, 1.165) is 31.3 Å². The van der Waals surface area contributed by atoms with E-state index in [4.69, 9.17) is 33.0 Å². The second kappa shape index (κ2) is 15.5. The summed E-state index contributed by atoms with van der Waals surface area (Å²) in [5.74, 6) is 1.21. The molecule has 4 aliphatic rings. The second-order valence-electron chi connectivity index (χ2n) is 10.5. The van der Waals surface area contributed by atoms with Gasteiger partial charge in [0.2, 0.25) is 0 Å². The molecule has 0 amide bonds. The third-order valence-electron chi connectivity index (χ3n) is 7.89. The van der Waals surface area contributed by atoms with Gasteiger partial charge in [-0.25, -0.2) is 9.97 Å². The Bertz CT molecular complexity index is 1410. The zero-order chi connectivity index (χ0) is 32.7. The van der Waals surface area contributed by atoms with Crippen LogP contribution in [0.4, 0.5) is 0 Å². The first-order chi connectivity index (χ1) is 21.7. The van der Waals surface area contributed by atoms with Crippen LogP contribution in [0.3, 0.4) is 0 Å². The lowest BCUT2D eigenvalue weighted by atomic mass is 10.1. The zero-order valence-electron chi connectivity index (χ0n) is 25.0. The molecule has 6 heterocycles. The van der Waals surface area contributed by atoms with Crippen molar-refractivity contribution in [1.82, 2.24) is 29.6 Å². The molecule has 0 spiro atoms. The van der Waals surface area contributed by atoms with Crippen LogP contribution in [-0.4, -0.2) is 102 Å². The van der Waals surface area contributed by atoms with E-state index < -0.39 is 6.23 Å². The van der Waals surface area contributed by atoms with Crippen molar-refractivity contribution in [2.75, 3.05) is 40.4 Å². The van der Waals surface area contributed by atoms with Crippen LogP contribution in [0.5, 0.6) is 0 Å². The molecule has 2 atom stereocenters. The van der Waals surface area contributed by atoms with Crippen LogP contribution in [0.1, 0.15) is 36.8 Å². The molecule has 6 rings (SSSR count). The molecule has 15 nitrogen and oxygen atoms in total. The largest absolute Gasteiger partial charge is 0.400 e. The number of allylic oxidation sites excluding steroid dienone is 2. The quantitative estimate of drug-likeness (QED) is 0.251. The number of rotatable bonds is 7. The molecule has 0 radical (unpaired) electrons. The maximum Gasteiger partial charge on any atom is 0.286 e. The summed E-state index contributed by atoms with van der Waals surface area (Å²) in [6.07, 6.45) is 4.39. The molecular formula is C28H36Cl2N8O7. The van der Waals surface area contributed by atoms with Crippen molar-refractivity contribution in [3.63, 3.8) is 0 Å². The monoisotopic (exact) mass is 666 g/mol. The molecule has 0 saturated carbocycles. The van der Waals surface area contributed by atoms with Crippen LogP contribution in [-0.2, 0) is 17.8 Å². The first kappa shape index (κ1) is 34.1. The normalized spacial score (nSPS) is 20.7. The van der Waals surface area contributed by atoms with Gasteiger partial charge in [0.1, 0.15) is 22.8 Å². The number of aliphatic hydroxyl groups excluding tert-OH is 2. The number of pyridine rings is 2. The van der Waals surface area contributed by atoms with Gasteiger partial charge in [-0.05, 0) is 23.3 Å². The molecule has 2 saturated heterocycles. The lowest BCUT2D eigenvalue weighted by Crippen LogP contribution is -2.39. The molecule has 45 heavy (non-hydrogen) atoms. The van der Waals surface area contributed by atoms with Gasteiger partial charge in [-0.2, -0.15) is 0 Å². The number of nitrogens with zero attached hydrogens (tertiary/aromatic N) is 8. The van der Waals surface area contributed by atoms with Crippen LogP contribution < -0.4 is 0 Å². The van der Waals surface area contributed by atoms with Crippen LogP contribution in [0.2, 0.25) is 10.3 Å². The number of hydrogen-bond acceptors (Lipinski definition) is 13. The van der Waals surface area contributed by atoms with E-state index in [9.17, 15) is 25.3 Å². The highest BCUT2D eigenvalue weighted by Gasteiger charge is 2.42. The van der Waals surface area contributed by atoms with Gasteiger partial charge in [-0.3, -0.25) is 20.2 Å². The molecule has 4 aliphatic heterocycles. The van der Waals surface area contributed by atoms with Crippen molar-refractivity contribution in [2.45, 2.75) is 51.2 Å². The highest BCUT2D eigenvalue weighted by Crippen LogP contribution is 2.35. The third-order valence-corrected chi connectivity index (χ3v) is 8.34. The Morgan fingerprint density at radius 2 is 1.29 bits per heavy atom. The number of aliphatic hydroxyl groups is 2. The van der Waals surface area contributed by atoms with Crippen molar-refractivity contribution in [3.8, 4) is 0 Å². The van der Waals surface area contributed by atoms with E-state index in [0.29, 0.717) is 67.4 Å². The van der Waals surface area contributed by atoms with Crippen molar-refractivity contribution >= 4 is 23.2 Å². The minimum Gasteiger partial charge on any atom is -0.400 e. The van der Waals surface area contributed by atoms with Crippen LogP contribution >= 0.6 is 23.2 Å². The second-order valence-corrected chi connectivity index (χ2v) is 11.3. The van der Waals surface area contributed by atoms with E-state index in [-0.39, 0.29) is 33.9 Å². The third kappa shape index (κ3) is 7.91. The fraction of sp³-hybridized carbons (Fsp3) is 0.500. The molecule has 0 aromatic carbocycles. The van der Waals surface area contributed by atoms with Crippen molar-refractivity contribution in [3.05, 3.63) is 101 Å². The fourth-order valence-corrected chi connectivity index (χ4v) is 6.14. The van der Waals surface area contributed by atoms with Crippen molar-refractivity contribution in [1.29, 1.82) is 0 Å². The van der Waals surface area contributed by atoms with Gasteiger partial charge in [0.05, 0.1) is 9.85 Å². The minimum absolute atomic E-state index is 0.0907. The summed E-state index contributed by atoms with van der Waals surface area (Å²) in [4.78, 5) is 37.7. The van der Waals surface area contributed by atoms with E-state index >= 15 is 0 Å². The Balaban J connectivity index is 0.000000194. The molecular weight excluding hydrogens is 631 g/mol. The van der Waals surface area contributed by atoms with E-state index in [2.05, 4.69) is 9.97 Å². The highest BCUT2D eigenvalue weighted by atomic mass is 35.5. The summed E-state index contributed by atoms with van der Waals surface area (Å²) in [5.41, 5.74) is 2.35. The summed E-state index contributed by atoms with van der Waals surface area (Å²) >= 11 is 11.6. The van der Waals surface area contributed by atoms with Crippen LogP contribution in [0.15, 0.2) is 59.7 Å². The maximum atomic E-state index is 11.4. The smallest absolute Gasteiger partial charge is 0.286 e. The van der Waals surface area contributed by atoms with Gasteiger partial charge >= 0.3 is 0 Å². The summed E-state index contributed by atoms with van der Waals surface area (Å²) in [6.45, 7) is 3.78. The number of hydrogen-bond donors (Lipinski definition) is 2. The topological polar surface area (TPSA) is 175 Å². The van der Waals surface area contributed by atoms with Crippen LogP contribution in [0, 0.1) is 20.2 Å². The number of aromatic nitrogens is 2. The predicted octanol–water partition coefficient (Wildman–Crippen LogP) is 3.08. The molecule has 244 valence electrons. The van der Waals surface area contributed by atoms with E-state index in [1.807, 2.05) is 26.8 Å². The molecule has 2 aromatic heterocycles. The average molecular weight is 668 g/mol. The first-order valence-corrected chi connectivity index (χ1v) is 15.1. The Kier molecular flexibility index (Phi) is 11.7. The van der Waals surface area contributed by atoms with Crippen LogP contribution in [0.25, 0.3) is 0 Å². The molecule has 2 N–H and O–H groups in total. The molecule has 17 heteroatoms.